The molecule has 0 aliphatic rings. The Morgan fingerprint density at radius 3 is 2.34 bits per heavy atom. The number of aromatic nitrogens is 1. The van der Waals surface area contributed by atoms with Gasteiger partial charge in [-0.25, -0.2) is 17.6 Å². The summed E-state index contributed by atoms with van der Waals surface area (Å²) in [5.74, 6) is -0.823. The van der Waals surface area contributed by atoms with Crippen molar-refractivity contribution in [2.24, 2.45) is 0 Å². The Kier molecular flexibility index (Phi) is 7.05. The third-order valence-electron chi connectivity index (χ3n) is 5.50. The summed E-state index contributed by atoms with van der Waals surface area (Å²) in [6.45, 7) is 0.382. The number of fused-ring (bicyclic) bond motifs is 1. The molecule has 0 radical (unpaired) electrons. The SMILES string of the molecule is CS(=O)(=O)c1ccc2c(/C=C(\C#N)c3ccc(C(=O)OI)cc3)cn(Cc3ccc(F)cc3)c2c1. The number of halogens is 2. The van der Waals surface area contributed by atoms with Gasteiger partial charge in [-0.2, -0.15) is 5.26 Å². The summed E-state index contributed by atoms with van der Waals surface area (Å²) in [6, 6.07) is 19.6. The lowest BCUT2D eigenvalue weighted by Crippen LogP contribution is -2.00. The smallest absolute Gasteiger partial charge is 0.347 e. The molecule has 0 aliphatic heterocycles. The van der Waals surface area contributed by atoms with Crippen molar-refractivity contribution in [1.29, 1.82) is 5.26 Å². The van der Waals surface area contributed by atoms with Crippen LogP contribution in [0.1, 0.15) is 27.0 Å². The van der Waals surface area contributed by atoms with Gasteiger partial charge in [0.1, 0.15) is 5.82 Å². The molecular weight excluding hydrogens is 582 g/mol. The van der Waals surface area contributed by atoms with Crippen LogP contribution in [0, 0.1) is 17.1 Å². The molecule has 0 fully saturated rings. The number of sulfone groups is 1. The van der Waals surface area contributed by atoms with Crippen LogP contribution in [-0.2, 0) is 19.4 Å². The Morgan fingerprint density at radius 1 is 1.09 bits per heavy atom. The Balaban J connectivity index is 1.83. The monoisotopic (exact) mass is 600 g/mol. The van der Waals surface area contributed by atoms with Crippen LogP contribution in [0.25, 0.3) is 22.6 Å². The molecule has 0 spiro atoms. The summed E-state index contributed by atoms with van der Waals surface area (Å²) in [5, 5.41) is 10.6. The van der Waals surface area contributed by atoms with E-state index in [4.69, 9.17) is 0 Å². The normalized spacial score (nSPS) is 11.9. The van der Waals surface area contributed by atoms with E-state index in [1.54, 1.807) is 54.6 Å². The summed E-state index contributed by atoms with van der Waals surface area (Å²) < 4.78 is 44.2. The topological polar surface area (TPSA) is 89.2 Å². The number of hydrogen-bond acceptors (Lipinski definition) is 5. The highest BCUT2D eigenvalue weighted by Gasteiger charge is 2.15. The Bertz CT molecular complexity index is 1600. The molecule has 4 rings (SSSR count). The lowest BCUT2D eigenvalue weighted by Gasteiger charge is -2.07. The van der Waals surface area contributed by atoms with Crippen molar-refractivity contribution in [1.82, 2.24) is 4.57 Å². The zero-order valence-corrected chi connectivity index (χ0v) is 21.4. The molecule has 0 bridgehead atoms. The van der Waals surface area contributed by atoms with E-state index >= 15 is 0 Å². The summed E-state index contributed by atoms with van der Waals surface area (Å²) in [5.41, 5.74) is 3.57. The second-order valence-electron chi connectivity index (χ2n) is 7.90. The number of carbonyl (C=O) groups excluding carboxylic acids is 1. The van der Waals surface area contributed by atoms with Crippen molar-refractivity contribution in [3.05, 3.63) is 101 Å². The fourth-order valence-corrected chi connectivity index (χ4v) is 4.62. The van der Waals surface area contributed by atoms with Crippen LogP contribution in [-0.4, -0.2) is 25.2 Å². The maximum atomic E-state index is 13.4. The lowest BCUT2D eigenvalue weighted by atomic mass is 10.0. The quantitative estimate of drug-likeness (QED) is 0.206. The Labute approximate surface area is 215 Å². The van der Waals surface area contributed by atoms with Crippen LogP contribution in [0.3, 0.4) is 0 Å². The Hall–Kier alpha value is -3.49. The number of hydrogen-bond donors (Lipinski definition) is 0. The minimum absolute atomic E-state index is 0.178. The molecule has 0 atom stereocenters. The van der Waals surface area contributed by atoms with Crippen molar-refractivity contribution in [2.45, 2.75) is 11.4 Å². The molecule has 35 heavy (non-hydrogen) atoms. The van der Waals surface area contributed by atoms with E-state index in [2.05, 4.69) is 9.14 Å². The van der Waals surface area contributed by atoms with E-state index in [9.17, 15) is 22.9 Å². The van der Waals surface area contributed by atoms with Crippen LogP contribution in [0.2, 0.25) is 0 Å². The van der Waals surface area contributed by atoms with Crippen LogP contribution in [0.15, 0.2) is 77.8 Å². The maximum absolute atomic E-state index is 13.4. The number of rotatable bonds is 6. The molecule has 0 saturated carbocycles. The first-order chi connectivity index (χ1) is 16.7. The lowest BCUT2D eigenvalue weighted by molar-refractivity contribution is 0.0800. The molecule has 1 aromatic heterocycles. The van der Waals surface area contributed by atoms with Gasteiger partial charge in [-0.15, -0.1) is 0 Å². The van der Waals surface area contributed by atoms with Gasteiger partial charge >= 0.3 is 5.97 Å². The van der Waals surface area contributed by atoms with Crippen LogP contribution in [0.4, 0.5) is 4.39 Å². The largest absolute Gasteiger partial charge is 0.391 e. The first-order valence-corrected chi connectivity index (χ1v) is 13.1. The van der Waals surface area contributed by atoms with Gasteiger partial charge < -0.3 is 7.63 Å². The van der Waals surface area contributed by atoms with Gasteiger partial charge in [-0.1, -0.05) is 30.3 Å². The molecule has 3 aromatic carbocycles. The zero-order valence-electron chi connectivity index (χ0n) is 18.4. The molecule has 0 aliphatic carbocycles. The predicted octanol–water partition coefficient (Wildman–Crippen LogP) is 5.80. The van der Waals surface area contributed by atoms with Gasteiger partial charge in [0.2, 0.25) is 0 Å². The van der Waals surface area contributed by atoms with Crippen molar-refractivity contribution in [3.63, 3.8) is 0 Å². The number of benzene rings is 3. The summed E-state index contributed by atoms with van der Waals surface area (Å²) in [4.78, 5) is 11.9. The molecule has 176 valence electrons. The number of nitrogens with zero attached hydrogens (tertiary/aromatic N) is 2. The van der Waals surface area contributed by atoms with Crippen molar-refractivity contribution < 1.29 is 20.7 Å². The molecule has 1 heterocycles. The third kappa shape index (κ3) is 5.44. The zero-order chi connectivity index (χ0) is 25.2. The fourth-order valence-electron chi connectivity index (χ4n) is 3.73. The molecule has 4 aromatic rings. The highest BCUT2D eigenvalue weighted by Crippen LogP contribution is 2.29. The Morgan fingerprint density at radius 2 is 1.74 bits per heavy atom. The first kappa shape index (κ1) is 24.6. The van der Waals surface area contributed by atoms with Crippen molar-refractivity contribution in [2.75, 3.05) is 6.26 Å². The van der Waals surface area contributed by atoms with E-state index < -0.39 is 15.8 Å². The van der Waals surface area contributed by atoms with E-state index in [0.29, 0.717) is 28.8 Å². The second kappa shape index (κ2) is 10.0. The molecule has 0 saturated heterocycles. The second-order valence-corrected chi connectivity index (χ2v) is 10.4. The summed E-state index contributed by atoms with van der Waals surface area (Å²) in [7, 11) is -3.43. The van der Waals surface area contributed by atoms with E-state index in [-0.39, 0.29) is 10.7 Å². The molecule has 0 N–H and O–H groups in total. The van der Waals surface area contributed by atoms with E-state index in [0.717, 1.165) is 22.8 Å². The van der Waals surface area contributed by atoms with Gasteiger partial charge in [-0.3, -0.25) is 0 Å². The van der Waals surface area contributed by atoms with Crippen LogP contribution in [0.5, 0.6) is 0 Å². The number of allylic oxidation sites excluding steroid dienone is 1. The fraction of sp³-hybridized carbons (Fsp3) is 0.0769. The number of nitriles is 1. The van der Waals surface area contributed by atoms with Gasteiger partial charge in [0, 0.05) is 29.9 Å². The number of carbonyl (C=O) groups is 1. The molecular formula is C26H18FIN2O4S. The minimum atomic E-state index is -3.43. The molecule has 0 amide bonds. The van der Waals surface area contributed by atoms with Crippen LogP contribution < -0.4 is 0 Å². The summed E-state index contributed by atoms with van der Waals surface area (Å²) in [6.07, 6.45) is 4.70. The van der Waals surface area contributed by atoms with Gasteiger partial charge in [0.15, 0.2) is 32.8 Å². The summed E-state index contributed by atoms with van der Waals surface area (Å²) >= 11 is 1.52. The van der Waals surface area contributed by atoms with E-state index in [1.807, 2.05) is 10.8 Å². The average molecular weight is 600 g/mol. The molecule has 0 unspecified atom stereocenters. The van der Waals surface area contributed by atoms with Crippen molar-refractivity contribution >= 4 is 61.4 Å². The van der Waals surface area contributed by atoms with Crippen molar-refractivity contribution in [3.8, 4) is 6.07 Å². The predicted molar refractivity (Wildman–Crippen MR) is 140 cm³/mol. The first-order valence-electron chi connectivity index (χ1n) is 10.3. The molecule has 9 heteroatoms. The maximum Gasteiger partial charge on any atom is 0.347 e. The minimum Gasteiger partial charge on any atom is -0.391 e. The third-order valence-corrected chi connectivity index (χ3v) is 7.01. The van der Waals surface area contributed by atoms with Gasteiger partial charge in [-0.05, 0) is 53.6 Å². The highest BCUT2D eigenvalue weighted by molar-refractivity contribution is 14.1. The van der Waals surface area contributed by atoms with Gasteiger partial charge in [0.05, 0.1) is 27.6 Å². The average Bonchev–Trinajstić information content (AvgIpc) is 3.19. The van der Waals surface area contributed by atoms with E-state index in [1.165, 1.54) is 41.2 Å². The highest BCUT2D eigenvalue weighted by atomic mass is 127. The molecule has 6 nitrogen and oxygen atoms in total. The van der Waals surface area contributed by atoms with Crippen LogP contribution >= 0.6 is 23.0 Å². The van der Waals surface area contributed by atoms with Gasteiger partial charge in [0.25, 0.3) is 0 Å². The standard InChI is InChI=1S/C26H18FIN2O4S/c1-35(32,33)23-10-11-24-21(12-20(14-29)18-4-6-19(7-5-18)26(31)34-28)16-30(25(24)13-23)15-17-2-8-22(27)9-3-17/h2-13,16H,15H2,1H3/b20-12+.